The van der Waals surface area contributed by atoms with Gasteiger partial charge in [-0.1, -0.05) is 30.3 Å². The first-order valence-corrected chi connectivity index (χ1v) is 9.04. The number of nitrogens with one attached hydrogen (secondary N) is 2. The SMILES string of the molecule is O=C(NCCCN1CCN(c2ccccc2)CC1)Nc1ccccc1F. The number of rotatable bonds is 6. The van der Waals surface area contributed by atoms with Crippen LogP contribution in [0.25, 0.3) is 0 Å². The van der Waals surface area contributed by atoms with Crippen molar-refractivity contribution in [2.75, 3.05) is 49.5 Å². The molecule has 6 heteroatoms. The number of benzene rings is 2. The molecule has 26 heavy (non-hydrogen) atoms. The Hall–Kier alpha value is -2.60. The third-order valence-corrected chi connectivity index (χ3v) is 4.55. The van der Waals surface area contributed by atoms with Crippen molar-refractivity contribution in [3.8, 4) is 0 Å². The number of anilines is 2. The second-order valence-electron chi connectivity index (χ2n) is 6.38. The third-order valence-electron chi connectivity index (χ3n) is 4.55. The van der Waals surface area contributed by atoms with Gasteiger partial charge >= 0.3 is 6.03 Å². The number of carbonyl (C=O) groups is 1. The minimum absolute atomic E-state index is 0.196. The van der Waals surface area contributed by atoms with Gasteiger partial charge in [-0.2, -0.15) is 0 Å². The number of halogens is 1. The highest BCUT2D eigenvalue weighted by Crippen LogP contribution is 2.15. The molecule has 2 N–H and O–H groups in total. The number of hydrogen-bond donors (Lipinski definition) is 2. The molecule has 2 amide bonds. The topological polar surface area (TPSA) is 47.6 Å². The Labute approximate surface area is 153 Å². The van der Waals surface area contributed by atoms with E-state index in [9.17, 15) is 9.18 Å². The van der Waals surface area contributed by atoms with E-state index in [0.717, 1.165) is 39.1 Å². The van der Waals surface area contributed by atoms with Crippen LogP contribution in [-0.2, 0) is 0 Å². The van der Waals surface area contributed by atoms with Gasteiger partial charge in [0.2, 0.25) is 0 Å². The second-order valence-corrected chi connectivity index (χ2v) is 6.38. The van der Waals surface area contributed by atoms with Crippen molar-refractivity contribution < 1.29 is 9.18 Å². The summed E-state index contributed by atoms with van der Waals surface area (Å²) >= 11 is 0. The van der Waals surface area contributed by atoms with E-state index in [-0.39, 0.29) is 11.7 Å². The molecule has 3 rings (SSSR count). The first kappa shape index (κ1) is 18.2. The van der Waals surface area contributed by atoms with Crippen molar-refractivity contribution in [2.45, 2.75) is 6.42 Å². The molecule has 1 heterocycles. The van der Waals surface area contributed by atoms with Crippen molar-refractivity contribution in [3.63, 3.8) is 0 Å². The highest BCUT2D eigenvalue weighted by Gasteiger charge is 2.16. The molecule has 1 fully saturated rings. The Bertz CT molecular complexity index is 702. The fourth-order valence-corrected chi connectivity index (χ4v) is 3.10. The van der Waals surface area contributed by atoms with Crippen LogP contribution in [0.1, 0.15) is 6.42 Å². The molecule has 0 atom stereocenters. The Morgan fingerprint density at radius 2 is 1.65 bits per heavy atom. The lowest BCUT2D eigenvalue weighted by molar-refractivity contribution is 0.244. The van der Waals surface area contributed by atoms with Crippen molar-refractivity contribution in [3.05, 3.63) is 60.4 Å². The van der Waals surface area contributed by atoms with Crippen LogP contribution in [0.4, 0.5) is 20.6 Å². The molecule has 0 saturated carbocycles. The number of para-hydroxylation sites is 2. The standard InChI is InChI=1S/C20H25FN4O/c21-18-9-4-5-10-19(18)23-20(26)22-11-6-12-24-13-15-25(16-14-24)17-7-2-1-3-8-17/h1-5,7-10H,6,11-16H2,(H2,22,23,26). The molecule has 0 bridgehead atoms. The summed E-state index contributed by atoms with van der Waals surface area (Å²) in [6.45, 7) is 5.60. The largest absolute Gasteiger partial charge is 0.369 e. The van der Waals surface area contributed by atoms with E-state index >= 15 is 0 Å². The molecule has 0 radical (unpaired) electrons. The van der Waals surface area contributed by atoms with E-state index in [4.69, 9.17) is 0 Å². The molecule has 5 nitrogen and oxygen atoms in total. The first-order chi connectivity index (χ1) is 12.7. The predicted molar refractivity (Wildman–Crippen MR) is 103 cm³/mol. The van der Waals surface area contributed by atoms with Crippen LogP contribution in [0, 0.1) is 5.82 Å². The van der Waals surface area contributed by atoms with Gasteiger partial charge in [-0.3, -0.25) is 4.90 Å². The monoisotopic (exact) mass is 356 g/mol. The van der Waals surface area contributed by atoms with Crippen LogP contribution in [0.15, 0.2) is 54.6 Å². The quantitative estimate of drug-likeness (QED) is 0.782. The maximum absolute atomic E-state index is 13.5. The molecule has 138 valence electrons. The fraction of sp³-hybridized carbons (Fsp3) is 0.350. The van der Waals surface area contributed by atoms with Crippen LogP contribution < -0.4 is 15.5 Å². The van der Waals surface area contributed by atoms with E-state index < -0.39 is 5.82 Å². The van der Waals surface area contributed by atoms with E-state index in [0.29, 0.717) is 6.54 Å². The molecule has 0 aliphatic carbocycles. The van der Waals surface area contributed by atoms with E-state index in [2.05, 4.69) is 44.7 Å². The smallest absolute Gasteiger partial charge is 0.319 e. The maximum Gasteiger partial charge on any atom is 0.319 e. The van der Waals surface area contributed by atoms with Crippen LogP contribution in [0.3, 0.4) is 0 Å². The number of nitrogens with zero attached hydrogens (tertiary/aromatic N) is 2. The molecule has 1 aliphatic heterocycles. The molecular formula is C20H25FN4O. The average molecular weight is 356 g/mol. The van der Waals surface area contributed by atoms with Gasteiger partial charge in [-0.15, -0.1) is 0 Å². The van der Waals surface area contributed by atoms with Gasteiger partial charge in [0.25, 0.3) is 0 Å². The lowest BCUT2D eigenvalue weighted by atomic mass is 10.2. The van der Waals surface area contributed by atoms with E-state index in [1.807, 2.05) is 6.07 Å². The second kappa shape index (κ2) is 9.20. The number of piperazine rings is 1. The molecule has 1 saturated heterocycles. The zero-order valence-corrected chi connectivity index (χ0v) is 14.8. The first-order valence-electron chi connectivity index (χ1n) is 9.04. The van der Waals surface area contributed by atoms with Gasteiger partial charge < -0.3 is 15.5 Å². The lowest BCUT2D eigenvalue weighted by Crippen LogP contribution is -2.47. The molecule has 2 aromatic carbocycles. The molecule has 1 aliphatic rings. The number of amides is 2. The Morgan fingerprint density at radius 3 is 2.38 bits per heavy atom. The van der Waals surface area contributed by atoms with Gasteiger partial charge in [-0.25, -0.2) is 9.18 Å². The Morgan fingerprint density at radius 1 is 0.962 bits per heavy atom. The predicted octanol–water partition coefficient (Wildman–Crippen LogP) is 3.16. The van der Waals surface area contributed by atoms with Gasteiger partial charge in [0.15, 0.2) is 0 Å². The van der Waals surface area contributed by atoms with Gasteiger partial charge in [0.05, 0.1) is 5.69 Å². The average Bonchev–Trinajstić information content (AvgIpc) is 2.68. The minimum Gasteiger partial charge on any atom is -0.369 e. The molecule has 0 unspecified atom stereocenters. The van der Waals surface area contributed by atoms with Crippen molar-refractivity contribution in [1.29, 1.82) is 0 Å². The zero-order chi connectivity index (χ0) is 18.2. The van der Waals surface area contributed by atoms with E-state index in [1.165, 1.54) is 11.8 Å². The van der Waals surface area contributed by atoms with Crippen LogP contribution >= 0.6 is 0 Å². The van der Waals surface area contributed by atoms with Gasteiger partial charge in [-0.05, 0) is 37.2 Å². The van der Waals surface area contributed by atoms with Crippen LogP contribution in [0.5, 0.6) is 0 Å². The Kier molecular flexibility index (Phi) is 6.44. The third kappa shape index (κ3) is 5.20. The minimum atomic E-state index is -0.432. The number of urea groups is 1. The van der Waals surface area contributed by atoms with Crippen LogP contribution in [-0.4, -0.2) is 50.2 Å². The fourth-order valence-electron chi connectivity index (χ4n) is 3.10. The van der Waals surface area contributed by atoms with Gasteiger partial charge in [0.1, 0.15) is 5.82 Å². The molecular weight excluding hydrogens is 331 g/mol. The molecule has 2 aromatic rings. The summed E-state index contributed by atoms with van der Waals surface area (Å²) in [5.41, 5.74) is 1.47. The van der Waals surface area contributed by atoms with Crippen molar-refractivity contribution >= 4 is 17.4 Å². The number of carbonyl (C=O) groups excluding carboxylic acids is 1. The summed E-state index contributed by atoms with van der Waals surface area (Å²) in [4.78, 5) is 16.6. The normalized spacial score (nSPS) is 14.9. The summed E-state index contributed by atoms with van der Waals surface area (Å²) in [7, 11) is 0. The Balaban J connectivity index is 1.31. The molecule has 0 aromatic heterocycles. The highest BCUT2D eigenvalue weighted by atomic mass is 19.1. The maximum atomic E-state index is 13.5. The summed E-state index contributed by atoms with van der Waals surface area (Å²) in [6, 6.07) is 16.2. The summed E-state index contributed by atoms with van der Waals surface area (Å²) in [5, 5.41) is 5.31. The molecule has 0 spiro atoms. The summed E-state index contributed by atoms with van der Waals surface area (Å²) < 4.78 is 13.5. The lowest BCUT2D eigenvalue weighted by Gasteiger charge is -2.36. The highest BCUT2D eigenvalue weighted by molar-refractivity contribution is 5.89. The van der Waals surface area contributed by atoms with Crippen molar-refractivity contribution in [1.82, 2.24) is 10.2 Å². The summed E-state index contributed by atoms with van der Waals surface area (Å²) in [6.07, 6.45) is 0.871. The van der Waals surface area contributed by atoms with Crippen LogP contribution in [0.2, 0.25) is 0 Å². The number of hydrogen-bond acceptors (Lipinski definition) is 3. The van der Waals surface area contributed by atoms with E-state index in [1.54, 1.807) is 18.2 Å². The van der Waals surface area contributed by atoms with Gasteiger partial charge in [0, 0.05) is 38.4 Å². The summed E-state index contributed by atoms with van der Waals surface area (Å²) in [5.74, 6) is -0.432. The zero-order valence-electron chi connectivity index (χ0n) is 14.8. The van der Waals surface area contributed by atoms with Crippen molar-refractivity contribution in [2.24, 2.45) is 0 Å².